The van der Waals surface area contributed by atoms with Crippen molar-refractivity contribution in [1.29, 1.82) is 0 Å². The highest BCUT2D eigenvalue weighted by Gasteiger charge is 2.26. The van der Waals surface area contributed by atoms with E-state index in [4.69, 9.17) is 14.3 Å². The number of nitrogens with zero attached hydrogens (tertiary/aromatic N) is 4. The molecule has 0 spiro atoms. The Morgan fingerprint density at radius 1 is 1.22 bits per heavy atom. The lowest BCUT2D eigenvalue weighted by atomic mass is 10.0. The topological polar surface area (TPSA) is 96.2 Å². The van der Waals surface area contributed by atoms with Crippen LogP contribution in [0.5, 0.6) is 0 Å². The van der Waals surface area contributed by atoms with Gasteiger partial charge in [-0.3, -0.25) is 4.57 Å². The lowest BCUT2D eigenvalue weighted by Gasteiger charge is -2.21. The van der Waals surface area contributed by atoms with Crippen LogP contribution in [0.4, 0.5) is 19.1 Å². The first kappa shape index (κ1) is 21.8. The van der Waals surface area contributed by atoms with Gasteiger partial charge in [0.2, 0.25) is 5.95 Å². The fraction of sp³-hybridized carbons (Fsp3) is 0.227. The molecule has 0 saturated heterocycles. The van der Waals surface area contributed by atoms with Crippen molar-refractivity contribution in [3.05, 3.63) is 102 Å². The second-order valence-corrected chi connectivity index (χ2v) is 9.28. The Morgan fingerprint density at radius 2 is 2.00 bits per heavy atom. The molecule has 0 amide bonds. The van der Waals surface area contributed by atoms with E-state index in [1.54, 1.807) is 35.8 Å². The first-order valence-corrected chi connectivity index (χ1v) is 11.9. The minimum Gasteiger partial charge on any atom is -0.377 e. The maximum absolute atomic E-state index is 14.8. The van der Waals surface area contributed by atoms with Gasteiger partial charge in [-0.25, -0.2) is 32.8 Å². The van der Waals surface area contributed by atoms with Crippen molar-refractivity contribution in [1.82, 2.24) is 29.9 Å². The molecule has 3 heterocycles. The van der Waals surface area contributed by atoms with Crippen LogP contribution in [0.25, 0.3) is 0 Å². The number of hydrogen-bond acceptors (Lipinski definition) is 8. The van der Waals surface area contributed by atoms with E-state index in [0.29, 0.717) is 11.6 Å². The Balaban J connectivity index is 1.63. The van der Waals surface area contributed by atoms with Crippen molar-refractivity contribution >= 4 is 29.3 Å². The third-order valence-corrected chi connectivity index (χ3v) is 6.60. The minimum atomic E-state index is -1.82. The second kappa shape index (κ2) is 9.56. The summed E-state index contributed by atoms with van der Waals surface area (Å²) in [6.07, 6.45) is 5.14. The maximum atomic E-state index is 14.8. The van der Waals surface area contributed by atoms with Gasteiger partial charge in [0.05, 0.1) is 38.5 Å². The number of aromatic nitrogens is 3. The number of anilines is 1. The first-order valence-electron chi connectivity index (χ1n) is 11.5. The van der Waals surface area contributed by atoms with Gasteiger partial charge in [-0.1, -0.05) is 11.6 Å². The van der Waals surface area contributed by atoms with Gasteiger partial charge in [-0.15, -0.1) is 11.8 Å². The molecule has 3 N–H and O–H groups in total. The largest absolute Gasteiger partial charge is 0.377 e. The summed E-state index contributed by atoms with van der Waals surface area (Å²) in [6, 6.07) is -2.75. The first-order chi connectivity index (χ1) is 18.0. The van der Waals surface area contributed by atoms with Crippen molar-refractivity contribution in [2.75, 3.05) is 18.2 Å². The molecule has 0 radical (unpaired) electrons. The monoisotopic (exact) mass is 539 g/mol. The number of halogens is 4. The summed E-state index contributed by atoms with van der Waals surface area (Å²) in [5, 5.41) is 9.48. The molecule has 1 aromatic heterocycles. The van der Waals surface area contributed by atoms with E-state index in [2.05, 4.69) is 21.0 Å². The molecule has 1 aliphatic carbocycles. The van der Waals surface area contributed by atoms with E-state index in [9.17, 15) is 22.8 Å². The standard InChI is InChI=1S/C22H19ClF3N7O2S/c1-31-6-12-3-19(14(23)4-18(12)30-31)28-20-29-21(34)33(8-13-9-36-10-27-13)22(35)32(20)7-11-2-16(25)17(26)5-15(11)24/h2-6,9,18,27,30H,7-8,10H2,1H3,(H,28,29,34)/i2D,5D. The van der Waals surface area contributed by atoms with Gasteiger partial charge in [0, 0.05) is 30.6 Å². The summed E-state index contributed by atoms with van der Waals surface area (Å²) in [7, 11) is 1.79. The summed E-state index contributed by atoms with van der Waals surface area (Å²) in [6.45, 7) is -1.00. The zero-order chi connectivity index (χ0) is 27.3. The van der Waals surface area contributed by atoms with E-state index in [0.717, 1.165) is 14.7 Å². The van der Waals surface area contributed by atoms with Crippen molar-refractivity contribution in [2.24, 2.45) is 0 Å². The smallest absolute Gasteiger partial charge is 0.355 e. The van der Waals surface area contributed by atoms with Crippen LogP contribution >= 0.6 is 23.4 Å². The van der Waals surface area contributed by atoms with Crippen LogP contribution in [0, 0.1) is 17.5 Å². The normalized spacial score (nSPS) is 19.6. The number of nitrogens with one attached hydrogen (secondary N) is 3. The molecule has 36 heavy (non-hydrogen) atoms. The Hall–Kier alpha value is -3.42. The van der Waals surface area contributed by atoms with Gasteiger partial charge in [0.15, 0.2) is 11.6 Å². The molecular weight excluding hydrogens is 519 g/mol. The van der Waals surface area contributed by atoms with Crippen molar-refractivity contribution < 1.29 is 15.9 Å². The zero-order valence-corrected chi connectivity index (χ0v) is 20.1. The van der Waals surface area contributed by atoms with Crippen LogP contribution < -0.4 is 27.4 Å². The summed E-state index contributed by atoms with van der Waals surface area (Å²) in [5.74, 6) is -4.89. The van der Waals surface area contributed by atoms with Gasteiger partial charge in [-0.05, 0) is 29.2 Å². The number of benzene rings is 1. The van der Waals surface area contributed by atoms with Crippen LogP contribution in [-0.2, 0) is 13.1 Å². The molecule has 0 bridgehead atoms. The summed E-state index contributed by atoms with van der Waals surface area (Å²) >= 11 is 7.83. The third kappa shape index (κ3) is 4.68. The highest BCUT2D eigenvalue weighted by molar-refractivity contribution is 8.02. The zero-order valence-electron chi connectivity index (χ0n) is 20.5. The average molecular weight is 540 g/mol. The number of fused-ring (bicyclic) bond motifs is 1. The van der Waals surface area contributed by atoms with Gasteiger partial charge < -0.3 is 15.6 Å². The molecule has 188 valence electrons. The molecule has 5 rings (SSSR count). The summed E-state index contributed by atoms with van der Waals surface area (Å²) < 4.78 is 59.9. The molecular formula is C22H19ClF3N7O2S. The number of thioether (sulfide) groups is 1. The predicted molar refractivity (Wildman–Crippen MR) is 130 cm³/mol. The lowest BCUT2D eigenvalue weighted by molar-refractivity contribution is 0.349. The van der Waals surface area contributed by atoms with Gasteiger partial charge >= 0.3 is 11.4 Å². The second-order valence-electron chi connectivity index (χ2n) is 8.02. The average Bonchev–Trinajstić information content (AvgIpc) is 3.52. The fourth-order valence-electron chi connectivity index (χ4n) is 3.80. The van der Waals surface area contributed by atoms with Gasteiger partial charge in [0.1, 0.15) is 5.82 Å². The summed E-state index contributed by atoms with van der Waals surface area (Å²) in [5.41, 5.74) is 2.11. The Morgan fingerprint density at radius 3 is 2.75 bits per heavy atom. The molecule has 3 aliphatic rings. The number of rotatable bonds is 6. The van der Waals surface area contributed by atoms with Crippen molar-refractivity contribution in [2.45, 2.75) is 19.1 Å². The van der Waals surface area contributed by atoms with Crippen LogP contribution in [0.1, 0.15) is 8.30 Å². The van der Waals surface area contributed by atoms with Crippen molar-refractivity contribution in [3.8, 4) is 0 Å². The van der Waals surface area contributed by atoms with E-state index >= 15 is 0 Å². The number of hydrogen-bond donors (Lipinski definition) is 3. The Bertz CT molecular complexity index is 1580. The van der Waals surface area contributed by atoms with Gasteiger partial charge in [-0.2, -0.15) is 4.98 Å². The quantitative estimate of drug-likeness (QED) is 0.481. The fourth-order valence-corrected chi connectivity index (χ4v) is 4.74. The van der Waals surface area contributed by atoms with Crippen LogP contribution in [0.15, 0.2) is 67.4 Å². The number of hydrazine groups is 1. The van der Waals surface area contributed by atoms with Crippen LogP contribution in [0.3, 0.4) is 0 Å². The molecule has 2 aromatic rings. The molecule has 2 aliphatic heterocycles. The lowest BCUT2D eigenvalue weighted by Crippen LogP contribution is -2.44. The molecule has 0 fully saturated rings. The summed E-state index contributed by atoms with van der Waals surface area (Å²) in [4.78, 5) is 30.3. The molecule has 14 heteroatoms. The Kier molecular flexibility index (Phi) is 5.80. The predicted octanol–water partition coefficient (Wildman–Crippen LogP) is 2.14. The SMILES string of the molecule is [2H]c1c(F)c(F)c([2H])c(Cn2c(NC3=CC4=CN(C)NC4C=C3Cl)nc(=O)n(CC3=CSCN3)c2=O)c1F. The van der Waals surface area contributed by atoms with E-state index in [1.807, 2.05) is 0 Å². The molecule has 1 unspecified atom stereocenters. The highest BCUT2D eigenvalue weighted by atomic mass is 35.5. The number of allylic oxidation sites excluding steroid dienone is 2. The highest BCUT2D eigenvalue weighted by Crippen LogP contribution is 2.29. The molecule has 1 aromatic carbocycles. The van der Waals surface area contributed by atoms with Crippen LogP contribution in [-0.4, -0.2) is 38.1 Å². The molecule has 0 saturated carbocycles. The third-order valence-electron chi connectivity index (χ3n) is 5.51. The van der Waals surface area contributed by atoms with E-state index in [-0.39, 0.29) is 29.3 Å². The van der Waals surface area contributed by atoms with E-state index in [1.165, 1.54) is 11.8 Å². The van der Waals surface area contributed by atoms with E-state index < -0.39 is 53.0 Å². The molecule has 1 atom stereocenters. The maximum Gasteiger partial charge on any atom is 0.355 e. The minimum absolute atomic E-state index is 0.175. The van der Waals surface area contributed by atoms with Gasteiger partial charge in [0.25, 0.3) is 0 Å². The van der Waals surface area contributed by atoms with Crippen molar-refractivity contribution in [3.63, 3.8) is 0 Å². The van der Waals surface area contributed by atoms with Crippen LogP contribution in [0.2, 0.25) is 0 Å². The Labute approximate surface area is 214 Å². The molecule has 9 nitrogen and oxygen atoms in total.